The Hall–Kier alpha value is -2.41. The third-order valence-electron chi connectivity index (χ3n) is 5.32. The van der Waals surface area contributed by atoms with Gasteiger partial charge in [-0.05, 0) is 35.4 Å². The third-order valence-corrected chi connectivity index (χ3v) is 5.32. The molecule has 2 aromatic carbocycles. The van der Waals surface area contributed by atoms with Crippen LogP contribution in [-0.2, 0) is 24.4 Å². The molecule has 0 radical (unpaired) electrons. The Kier molecular flexibility index (Phi) is 8.04. The zero-order valence-corrected chi connectivity index (χ0v) is 17.5. The number of piperazine rings is 1. The van der Waals surface area contributed by atoms with Gasteiger partial charge < -0.3 is 20.3 Å². The lowest BCUT2D eigenvalue weighted by molar-refractivity contribution is 0.132. The molecule has 0 atom stereocenters. The molecule has 0 aliphatic carbocycles. The zero-order chi connectivity index (χ0) is 20.5. The molecule has 1 fully saturated rings. The van der Waals surface area contributed by atoms with Crippen molar-refractivity contribution in [2.45, 2.75) is 26.6 Å². The Morgan fingerprint density at radius 2 is 1.48 bits per heavy atom. The van der Waals surface area contributed by atoms with Crippen LogP contribution in [0.5, 0.6) is 0 Å². The molecule has 2 amide bonds. The van der Waals surface area contributed by atoms with Gasteiger partial charge in [-0.3, -0.25) is 4.90 Å². The predicted molar refractivity (Wildman–Crippen MR) is 117 cm³/mol. The first-order chi connectivity index (χ1) is 14.2. The average Bonchev–Trinajstić information content (AvgIpc) is 2.75. The molecular formula is C23H32N4O2. The van der Waals surface area contributed by atoms with E-state index >= 15 is 0 Å². The van der Waals surface area contributed by atoms with Crippen molar-refractivity contribution in [3.8, 4) is 0 Å². The minimum atomic E-state index is -0.206. The van der Waals surface area contributed by atoms with Gasteiger partial charge in [-0.25, -0.2) is 4.79 Å². The molecule has 2 N–H and O–H groups in total. The van der Waals surface area contributed by atoms with Crippen molar-refractivity contribution >= 4 is 11.7 Å². The minimum Gasteiger partial charge on any atom is -0.380 e. The monoisotopic (exact) mass is 396 g/mol. The molecule has 6 nitrogen and oxygen atoms in total. The van der Waals surface area contributed by atoms with Crippen LogP contribution in [0.4, 0.5) is 10.5 Å². The highest BCUT2D eigenvalue weighted by Gasteiger charge is 2.15. The Morgan fingerprint density at radius 3 is 2.10 bits per heavy atom. The highest BCUT2D eigenvalue weighted by molar-refractivity contribution is 5.89. The largest absolute Gasteiger partial charge is 0.380 e. The lowest BCUT2D eigenvalue weighted by Crippen LogP contribution is -2.45. The van der Waals surface area contributed by atoms with Gasteiger partial charge in [-0.15, -0.1) is 0 Å². The molecular weight excluding hydrogens is 364 g/mol. The Labute approximate surface area is 173 Å². The van der Waals surface area contributed by atoms with Crippen molar-refractivity contribution in [1.29, 1.82) is 0 Å². The van der Waals surface area contributed by atoms with E-state index in [9.17, 15) is 4.79 Å². The van der Waals surface area contributed by atoms with Crippen LogP contribution in [-0.4, -0.2) is 55.7 Å². The second-order valence-corrected chi connectivity index (χ2v) is 7.46. The summed E-state index contributed by atoms with van der Waals surface area (Å²) in [6.07, 6.45) is 0. The van der Waals surface area contributed by atoms with Crippen molar-refractivity contribution in [3.63, 3.8) is 0 Å². The molecule has 6 heteroatoms. The molecule has 1 saturated heterocycles. The van der Waals surface area contributed by atoms with Gasteiger partial charge in [0.15, 0.2) is 0 Å². The van der Waals surface area contributed by atoms with Gasteiger partial charge in [0.25, 0.3) is 0 Å². The van der Waals surface area contributed by atoms with Gasteiger partial charge in [-0.2, -0.15) is 0 Å². The van der Waals surface area contributed by atoms with Crippen molar-refractivity contribution < 1.29 is 9.53 Å². The number of nitrogens with one attached hydrogen (secondary N) is 2. The summed E-state index contributed by atoms with van der Waals surface area (Å²) >= 11 is 0. The number of hydrogen-bond acceptors (Lipinski definition) is 4. The average molecular weight is 397 g/mol. The van der Waals surface area contributed by atoms with Crippen LogP contribution in [0.1, 0.15) is 23.6 Å². The molecule has 3 rings (SSSR count). The van der Waals surface area contributed by atoms with Gasteiger partial charge >= 0.3 is 6.03 Å². The number of likely N-dealkylation sites (N-methyl/N-ethyl adjacent to an activating group) is 1. The fourth-order valence-electron chi connectivity index (χ4n) is 3.49. The second kappa shape index (κ2) is 11.0. The number of ether oxygens (including phenoxy) is 1. The lowest BCUT2D eigenvalue weighted by atomic mass is 10.1. The van der Waals surface area contributed by atoms with Gasteiger partial charge in [0.2, 0.25) is 0 Å². The van der Waals surface area contributed by atoms with Crippen molar-refractivity contribution in [2.75, 3.05) is 45.2 Å². The fourth-order valence-corrected chi connectivity index (χ4v) is 3.49. The SMILES string of the molecule is CCN1CCN(Cc2ccc(CNC(=O)Nc3ccc(COC)cc3)cc2)CC1. The first kappa shape index (κ1) is 21.3. The molecule has 0 spiro atoms. The van der Waals surface area contributed by atoms with Crippen LogP contribution < -0.4 is 10.6 Å². The van der Waals surface area contributed by atoms with E-state index in [4.69, 9.17) is 4.74 Å². The van der Waals surface area contributed by atoms with Crippen LogP contribution in [0.25, 0.3) is 0 Å². The van der Waals surface area contributed by atoms with Crippen LogP contribution in [0, 0.1) is 0 Å². The predicted octanol–water partition coefficient (Wildman–Crippen LogP) is 3.29. The second-order valence-electron chi connectivity index (χ2n) is 7.46. The molecule has 1 aliphatic rings. The smallest absolute Gasteiger partial charge is 0.319 e. The van der Waals surface area contributed by atoms with E-state index in [1.54, 1.807) is 7.11 Å². The maximum Gasteiger partial charge on any atom is 0.319 e. The number of anilines is 1. The van der Waals surface area contributed by atoms with E-state index in [-0.39, 0.29) is 6.03 Å². The van der Waals surface area contributed by atoms with Gasteiger partial charge in [0, 0.05) is 52.1 Å². The number of nitrogens with zero attached hydrogens (tertiary/aromatic N) is 2. The maximum atomic E-state index is 12.1. The number of hydrogen-bond donors (Lipinski definition) is 2. The van der Waals surface area contributed by atoms with Crippen LogP contribution >= 0.6 is 0 Å². The van der Waals surface area contributed by atoms with Crippen LogP contribution in [0.15, 0.2) is 48.5 Å². The normalized spacial score (nSPS) is 15.2. The molecule has 0 bridgehead atoms. The summed E-state index contributed by atoms with van der Waals surface area (Å²) in [7, 11) is 1.67. The molecule has 1 heterocycles. The van der Waals surface area contributed by atoms with E-state index < -0.39 is 0 Å². The first-order valence-electron chi connectivity index (χ1n) is 10.3. The summed E-state index contributed by atoms with van der Waals surface area (Å²) in [6.45, 7) is 9.99. The summed E-state index contributed by atoms with van der Waals surface area (Å²) < 4.78 is 5.09. The number of methoxy groups -OCH3 is 1. The molecule has 1 aliphatic heterocycles. The van der Waals surface area contributed by atoms with Gasteiger partial charge in [-0.1, -0.05) is 43.3 Å². The number of amides is 2. The Bertz CT molecular complexity index is 753. The Morgan fingerprint density at radius 1 is 0.897 bits per heavy atom. The van der Waals surface area contributed by atoms with E-state index in [1.807, 2.05) is 24.3 Å². The standard InChI is InChI=1S/C23H32N4O2/c1-3-26-12-14-27(15-13-26)17-20-6-4-19(5-7-20)16-24-23(28)25-22-10-8-21(9-11-22)18-29-2/h4-11H,3,12-18H2,1-2H3,(H2,24,25,28). The summed E-state index contributed by atoms with van der Waals surface area (Å²) in [4.78, 5) is 17.1. The molecule has 29 heavy (non-hydrogen) atoms. The molecule has 0 aromatic heterocycles. The highest BCUT2D eigenvalue weighted by Crippen LogP contribution is 2.12. The highest BCUT2D eigenvalue weighted by atomic mass is 16.5. The Balaban J connectivity index is 1.41. The van der Waals surface area contributed by atoms with E-state index in [1.165, 1.54) is 5.56 Å². The van der Waals surface area contributed by atoms with E-state index in [0.717, 1.165) is 56.1 Å². The first-order valence-corrected chi connectivity index (χ1v) is 10.3. The number of carbonyl (C=O) groups is 1. The van der Waals surface area contributed by atoms with Crippen LogP contribution in [0.2, 0.25) is 0 Å². The summed E-state index contributed by atoms with van der Waals surface area (Å²) in [5, 5.41) is 5.76. The van der Waals surface area contributed by atoms with E-state index in [2.05, 4.69) is 51.6 Å². The summed E-state index contributed by atoms with van der Waals surface area (Å²) in [5.41, 5.74) is 4.25. The number of rotatable bonds is 8. The number of urea groups is 1. The molecule has 0 unspecified atom stereocenters. The molecule has 2 aromatic rings. The van der Waals surface area contributed by atoms with Crippen molar-refractivity contribution in [1.82, 2.24) is 15.1 Å². The van der Waals surface area contributed by atoms with Gasteiger partial charge in [0.05, 0.1) is 6.61 Å². The maximum absolute atomic E-state index is 12.1. The summed E-state index contributed by atoms with van der Waals surface area (Å²) in [5.74, 6) is 0. The third kappa shape index (κ3) is 6.85. The minimum absolute atomic E-state index is 0.206. The van der Waals surface area contributed by atoms with Crippen molar-refractivity contribution in [2.24, 2.45) is 0 Å². The van der Waals surface area contributed by atoms with Gasteiger partial charge in [0.1, 0.15) is 0 Å². The van der Waals surface area contributed by atoms with E-state index in [0.29, 0.717) is 13.2 Å². The quantitative estimate of drug-likeness (QED) is 0.719. The van der Waals surface area contributed by atoms with Crippen molar-refractivity contribution in [3.05, 3.63) is 65.2 Å². The topological polar surface area (TPSA) is 56.8 Å². The fraction of sp³-hybridized carbons (Fsp3) is 0.435. The number of benzene rings is 2. The zero-order valence-electron chi connectivity index (χ0n) is 17.5. The summed E-state index contributed by atoms with van der Waals surface area (Å²) in [6, 6.07) is 16.0. The number of carbonyl (C=O) groups excluding carboxylic acids is 1. The molecule has 0 saturated carbocycles. The molecule has 156 valence electrons. The van der Waals surface area contributed by atoms with Crippen LogP contribution in [0.3, 0.4) is 0 Å². The lowest BCUT2D eigenvalue weighted by Gasteiger charge is -2.34.